The van der Waals surface area contributed by atoms with E-state index in [4.69, 9.17) is 9.26 Å². The fourth-order valence-electron chi connectivity index (χ4n) is 4.99. The molecule has 0 spiro atoms. The molecule has 0 aromatic heterocycles. The number of nitrogens with zero attached hydrogens (tertiary/aromatic N) is 1. The standard InChI is InChI=1S/C26H39NO4Si/c1-18(2)24(25(29)30-26(3,4)5)32(6,7)31-27-17-11-16-22(27)23(28)21-15-10-13-19-12-8-9-14-20(19)21/h8-10,12-15,18,22-24,28H,11,16-17H2,1-7H3/t22-,23?,24?/m0/s1. The quantitative estimate of drug-likeness (QED) is 0.418. The molecule has 1 heterocycles. The van der Waals surface area contributed by atoms with Gasteiger partial charge in [0.05, 0.1) is 17.7 Å². The van der Waals surface area contributed by atoms with Gasteiger partial charge in [0.25, 0.3) is 0 Å². The van der Waals surface area contributed by atoms with Gasteiger partial charge in [0.1, 0.15) is 5.60 Å². The van der Waals surface area contributed by atoms with E-state index in [1.165, 1.54) is 0 Å². The number of fused-ring (bicyclic) bond motifs is 1. The van der Waals surface area contributed by atoms with Crippen molar-refractivity contribution in [1.82, 2.24) is 5.06 Å². The molecule has 0 bridgehead atoms. The largest absolute Gasteiger partial charge is 0.460 e. The fourth-order valence-corrected chi connectivity index (χ4v) is 8.17. The lowest BCUT2D eigenvalue weighted by Gasteiger charge is -2.39. The predicted octanol–water partition coefficient (Wildman–Crippen LogP) is 5.84. The zero-order chi connectivity index (χ0) is 23.7. The fraction of sp³-hybridized carbons (Fsp3) is 0.577. The number of carbonyl (C=O) groups is 1. The average Bonchev–Trinajstić information content (AvgIpc) is 3.12. The van der Waals surface area contributed by atoms with Crippen molar-refractivity contribution in [3.8, 4) is 0 Å². The summed E-state index contributed by atoms with van der Waals surface area (Å²) in [4.78, 5) is 13.1. The van der Waals surface area contributed by atoms with Crippen LogP contribution in [-0.4, -0.2) is 42.6 Å². The maximum Gasteiger partial charge on any atom is 0.309 e. The number of benzene rings is 2. The topological polar surface area (TPSA) is 59.0 Å². The number of esters is 1. The first kappa shape index (κ1) is 24.9. The van der Waals surface area contributed by atoms with Crippen molar-refractivity contribution in [3.05, 3.63) is 48.0 Å². The molecule has 2 unspecified atom stereocenters. The Morgan fingerprint density at radius 2 is 1.78 bits per heavy atom. The first-order valence-electron chi connectivity index (χ1n) is 11.7. The van der Waals surface area contributed by atoms with E-state index in [1.54, 1.807) is 0 Å². The zero-order valence-electron chi connectivity index (χ0n) is 20.6. The Balaban J connectivity index is 1.83. The van der Waals surface area contributed by atoms with Crippen LogP contribution in [0.25, 0.3) is 10.8 Å². The van der Waals surface area contributed by atoms with Gasteiger partial charge >= 0.3 is 5.97 Å². The Kier molecular flexibility index (Phi) is 7.50. The molecular weight excluding hydrogens is 418 g/mol. The summed E-state index contributed by atoms with van der Waals surface area (Å²) >= 11 is 0. The molecule has 6 heteroatoms. The summed E-state index contributed by atoms with van der Waals surface area (Å²) < 4.78 is 12.4. The maximum atomic E-state index is 13.1. The molecule has 3 rings (SSSR count). The third-order valence-corrected chi connectivity index (χ3v) is 9.29. The van der Waals surface area contributed by atoms with E-state index in [0.717, 1.165) is 35.7 Å². The smallest absolute Gasteiger partial charge is 0.309 e. The number of rotatable bonds is 7. The third-order valence-electron chi connectivity index (χ3n) is 6.18. The summed E-state index contributed by atoms with van der Waals surface area (Å²) in [5.74, 6) is -0.0786. The highest BCUT2D eigenvalue weighted by atomic mass is 28.4. The molecule has 1 saturated heterocycles. The summed E-state index contributed by atoms with van der Waals surface area (Å²) in [6.07, 6.45) is 1.15. The van der Waals surface area contributed by atoms with Crippen molar-refractivity contribution in [2.24, 2.45) is 5.92 Å². The van der Waals surface area contributed by atoms with Crippen LogP contribution in [0.5, 0.6) is 0 Å². The van der Waals surface area contributed by atoms with Crippen molar-refractivity contribution < 1.29 is 19.2 Å². The molecule has 3 atom stereocenters. The molecule has 32 heavy (non-hydrogen) atoms. The Morgan fingerprint density at radius 1 is 1.12 bits per heavy atom. The normalized spacial score (nSPS) is 20.0. The van der Waals surface area contributed by atoms with Crippen LogP contribution in [-0.2, 0) is 14.1 Å². The van der Waals surface area contributed by atoms with Gasteiger partial charge in [-0.3, -0.25) is 4.79 Å². The van der Waals surface area contributed by atoms with Gasteiger partial charge in [-0.2, -0.15) is 5.06 Å². The van der Waals surface area contributed by atoms with Crippen LogP contribution in [0.15, 0.2) is 42.5 Å². The second kappa shape index (κ2) is 9.63. The molecule has 1 fully saturated rings. The van der Waals surface area contributed by atoms with Crippen molar-refractivity contribution >= 4 is 25.1 Å². The predicted molar refractivity (Wildman–Crippen MR) is 132 cm³/mol. The van der Waals surface area contributed by atoms with Gasteiger partial charge in [-0.25, -0.2) is 0 Å². The van der Waals surface area contributed by atoms with Crippen LogP contribution in [0.1, 0.15) is 59.1 Å². The molecule has 1 aliphatic heterocycles. The first-order valence-corrected chi connectivity index (χ1v) is 14.7. The highest BCUT2D eigenvalue weighted by Crippen LogP contribution is 2.38. The zero-order valence-corrected chi connectivity index (χ0v) is 21.6. The van der Waals surface area contributed by atoms with Crippen molar-refractivity contribution in [3.63, 3.8) is 0 Å². The minimum Gasteiger partial charge on any atom is -0.460 e. The van der Waals surface area contributed by atoms with Crippen molar-refractivity contribution in [1.29, 1.82) is 0 Å². The number of ether oxygens (including phenoxy) is 1. The summed E-state index contributed by atoms with van der Waals surface area (Å²) in [7, 11) is -2.53. The first-order chi connectivity index (χ1) is 14.9. The van der Waals surface area contributed by atoms with E-state index < -0.39 is 20.0 Å². The van der Waals surface area contributed by atoms with Gasteiger partial charge in [-0.15, -0.1) is 0 Å². The summed E-state index contributed by atoms with van der Waals surface area (Å²) in [6.45, 7) is 14.7. The lowest BCUT2D eigenvalue weighted by molar-refractivity contribution is -0.158. The Labute approximate surface area is 193 Å². The lowest BCUT2D eigenvalue weighted by Crippen LogP contribution is -2.51. The molecule has 1 N–H and O–H groups in total. The van der Waals surface area contributed by atoms with Crippen LogP contribution in [0.4, 0.5) is 0 Å². The molecule has 5 nitrogen and oxygen atoms in total. The second-order valence-electron chi connectivity index (χ2n) is 10.8. The van der Waals surface area contributed by atoms with Crippen molar-refractivity contribution in [2.75, 3.05) is 6.54 Å². The molecule has 0 aliphatic carbocycles. The number of aliphatic hydroxyl groups is 1. The van der Waals surface area contributed by atoms with E-state index in [1.807, 2.05) is 50.1 Å². The molecule has 1 aliphatic rings. The SMILES string of the molecule is CC(C)C(C(=O)OC(C)(C)C)[Si](C)(C)ON1CCC[C@H]1C(O)c1cccc2ccccc12. The molecule has 176 valence electrons. The van der Waals surface area contributed by atoms with E-state index in [-0.39, 0.29) is 23.5 Å². The average molecular weight is 458 g/mol. The molecule has 0 radical (unpaired) electrons. The summed E-state index contributed by atoms with van der Waals surface area (Å²) in [5.41, 5.74) is 0.100. The van der Waals surface area contributed by atoms with Crippen LogP contribution in [0.3, 0.4) is 0 Å². The summed E-state index contributed by atoms with van der Waals surface area (Å²) in [5, 5.41) is 15.5. The van der Waals surface area contributed by atoms with Gasteiger partial charge in [-0.1, -0.05) is 56.3 Å². The van der Waals surface area contributed by atoms with Crippen LogP contribution in [0, 0.1) is 5.92 Å². The minimum atomic E-state index is -2.53. The number of hydrogen-bond acceptors (Lipinski definition) is 5. The highest BCUT2D eigenvalue weighted by molar-refractivity contribution is 6.75. The lowest BCUT2D eigenvalue weighted by atomic mass is 9.95. The Hall–Kier alpha value is -1.73. The van der Waals surface area contributed by atoms with Gasteiger partial charge in [0, 0.05) is 6.54 Å². The maximum absolute atomic E-state index is 13.1. The molecule has 2 aromatic rings. The monoisotopic (exact) mass is 457 g/mol. The molecule has 0 amide bonds. The molecular formula is C26H39NO4Si. The second-order valence-corrected chi connectivity index (χ2v) is 14.8. The highest BCUT2D eigenvalue weighted by Gasteiger charge is 2.47. The van der Waals surface area contributed by atoms with E-state index in [0.29, 0.717) is 0 Å². The van der Waals surface area contributed by atoms with Gasteiger partial charge < -0.3 is 14.4 Å². The third kappa shape index (κ3) is 5.60. The Morgan fingerprint density at radius 3 is 2.44 bits per heavy atom. The number of hydroxylamine groups is 2. The number of hydrogen-bond donors (Lipinski definition) is 1. The Bertz CT molecular complexity index is 932. The van der Waals surface area contributed by atoms with E-state index >= 15 is 0 Å². The van der Waals surface area contributed by atoms with E-state index in [2.05, 4.69) is 45.1 Å². The van der Waals surface area contributed by atoms with Gasteiger partial charge in [-0.05, 0) is 69.0 Å². The van der Waals surface area contributed by atoms with Crippen LogP contribution >= 0.6 is 0 Å². The van der Waals surface area contributed by atoms with Crippen LogP contribution < -0.4 is 0 Å². The summed E-state index contributed by atoms with van der Waals surface area (Å²) in [6, 6.07) is 14.1. The van der Waals surface area contributed by atoms with Gasteiger partial charge in [0.2, 0.25) is 8.32 Å². The van der Waals surface area contributed by atoms with Crippen molar-refractivity contribution in [2.45, 2.75) is 83.8 Å². The van der Waals surface area contributed by atoms with Crippen LogP contribution in [0.2, 0.25) is 18.6 Å². The number of carbonyl (C=O) groups excluding carboxylic acids is 1. The molecule has 2 aromatic carbocycles. The van der Waals surface area contributed by atoms with Gasteiger partial charge in [0.15, 0.2) is 0 Å². The minimum absolute atomic E-state index is 0.107. The number of aliphatic hydroxyl groups excluding tert-OH is 1. The van der Waals surface area contributed by atoms with E-state index in [9.17, 15) is 9.90 Å². The molecule has 0 saturated carbocycles.